The fourth-order valence-electron chi connectivity index (χ4n) is 2.10. The molecule has 0 aliphatic heterocycles. The predicted octanol–water partition coefficient (Wildman–Crippen LogP) is 2.44. The number of benzene rings is 2. The lowest BCUT2D eigenvalue weighted by Crippen LogP contribution is -2.16. The average Bonchev–Trinajstić information content (AvgIpc) is 3.10. The largest absolute Gasteiger partial charge is 0.342 e. The number of nitrogens with one attached hydrogen (secondary N) is 2. The standard InChI is InChI=1S/C16H13N3O3S/c20-16(15-10-17-11-18-15)13-8-4-5-9-14(13)19-23(21,22)12-6-2-1-3-7-12/h1-11,19H,(H,17,18). The molecule has 23 heavy (non-hydrogen) atoms. The molecule has 0 amide bonds. The summed E-state index contributed by atoms with van der Waals surface area (Å²) in [5.74, 6) is -0.339. The first-order valence-electron chi connectivity index (χ1n) is 6.78. The van der Waals surface area contributed by atoms with Crippen molar-refractivity contribution in [3.63, 3.8) is 0 Å². The number of anilines is 1. The molecule has 3 aromatic rings. The van der Waals surface area contributed by atoms with Gasteiger partial charge in [0.05, 0.1) is 23.1 Å². The number of carbonyl (C=O) groups excluding carboxylic acids is 1. The number of aromatic amines is 1. The van der Waals surface area contributed by atoms with Crippen molar-refractivity contribution < 1.29 is 13.2 Å². The van der Waals surface area contributed by atoms with Crippen LogP contribution in [-0.2, 0) is 10.0 Å². The minimum absolute atomic E-state index is 0.129. The van der Waals surface area contributed by atoms with Gasteiger partial charge < -0.3 is 4.98 Å². The van der Waals surface area contributed by atoms with Gasteiger partial charge in [-0.3, -0.25) is 9.52 Å². The van der Waals surface area contributed by atoms with Crippen LogP contribution in [0.15, 0.2) is 72.0 Å². The Morgan fingerprint density at radius 3 is 2.39 bits per heavy atom. The van der Waals surface area contributed by atoms with Crippen LogP contribution in [0.3, 0.4) is 0 Å². The van der Waals surface area contributed by atoms with Crippen LogP contribution in [-0.4, -0.2) is 24.2 Å². The molecule has 2 aromatic carbocycles. The highest BCUT2D eigenvalue weighted by molar-refractivity contribution is 7.92. The molecule has 0 saturated heterocycles. The smallest absolute Gasteiger partial charge is 0.261 e. The van der Waals surface area contributed by atoms with Gasteiger partial charge in [0.25, 0.3) is 10.0 Å². The van der Waals surface area contributed by atoms with Crippen molar-refractivity contribution in [3.05, 3.63) is 78.4 Å². The molecule has 1 heterocycles. The predicted molar refractivity (Wildman–Crippen MR) is 85.7 cm³/mol. The monoisotopic (exact) mass is 327 g/mol. The lowest BCUT2D eigenvalue weighted by Gasteiger charge is -2.11. The molecule has 0 aliphatic carbocycles. The Hall–Kier alpha value is -2.93. The van der Waals surface area contributed by atoms with Gasteiger partial charge in [-0.2, -0.15) is 0 Å². The Labute approximate surface area is 133 Å². The van der Waals surface area contributed by atoms with E-state index in [1.807, 2.05) is 0 Å². The van der Waals surface area contributed by atoms with E-state index in [-0.39, 0.29) is 27.6 Å². The number of H-pyrrole nitrogens is 1. The van der Waals surface area contributed by atoms with Gasteiger partial charge >= 0.3 is 0 Å². The third kappa shape index (κ3) is 3.14. The number of hydrogen-bond acceptors (Lipinski definition) is 4. The summed E-state index contributed by atoms with van der Waals surface area (Å²) in [5.41, 5.74) is 0.753. The van der Waals surface area contributed by atoms with E-state index in [1.165, 1.54) is 24.7 Å². The fraction of sp³-hybridized carbons (Fsp3) is 0. The molecule has 0 bridgehead atoms. The summed E-state index contributed by atoms with van der Waals surface area (Å²) in [7, 11) is -3.77. The number of nitrogens with zero attached hydrogens (tertiary/aromatic N) is 1. The van der Waals surface area contributed by atoms with Crippen molar-refractivity contribution in [1.82, 2.24) is 9.97 Å². The van der Waals surface area contributed by atoms with Crippen LogP contribution in [0.2, 0.25) is 0 Å². The number of imidazole rings is 1. The minimum atomic E-state index is -3.77. The summed E-state index contributed by atoms with van der Waals surface area (Å²) in [5, 5.41) is 0. The van der Waals surface area contributed by atoms with Crippen molar-refractivity contribution in [2.24, 2.45) is 0 Å². The van der Waals surface area contributed by atoms with E-state index in [0.29, 0.717) is 0 Å². The van der Waals surface area contributed by atoms with E-state index < -0.39 is 10.0 Å². The number of sulfonamides is 1. The molecule has 0 aliphatic rings. The summed E-state index contributed by atoms with van der Waals surface area (Å²) in [6.45, 7) is 0. The minimum Gasteiger partial charge on any atom is -0.342 e. The maximum Gasteiger partial charge on any atom is 0.261 e. The molecule has 0 radical (unpaired) electrons. The highest BCUT2D eigenvalue weighted by Crippen LogP contribution is 2.22. The van der Waals surface area contributed by atoms with E-state index in [2.05, 4.69) is 14.7 Å². The molecular formula is C16H13N3O3S. The van der Waals surface area contributed by atoms with Crippen molar-refractivity contribution in [2.45, 2.75) is 4.90 Å². The van der Waals surface area contributed by atoms with Crippen molar-refractivity contribution in [3.8, 4) is 0 Å². The zero-order valence-corrected chi connectivity index (χ0v) is 12.7. The van der Waals surface area contributed by atoms with Gasteiger partial charge in [0.1, 0.15) is 5.69 Å². The van der Waals surface area contributed by atoms with Gasteiger partial charge in [-0.25, -0.2) is 13.4 Å². The lowest BCUT2D eigenvalue weighted by atomic mass is 10.1. The number of carbonyl (C=O) groups is 1. The van der Waals surface area contributed by atoms with E-state index in [9.17, 15) is 13.2 Å². The molecule has 1 aromatic heterocycles. The Kier molecular flexibility index (Phi) is 3.94. The van der Waals surface area contributed by atoms with Gasteiger partial charge in [-0.15, -0.1) is 0 Å². The van der Waals surface area contributed by atoms with Crippen LogP contribution < -0.4 is 4.72 Å². The maximum atomic E-state index is 12.4. The highest BCUT2D eigenvalue weighted by Gasteiger charge is 2.19. The van der Waals surface area contributed by atoms with E-state index >= 15 is 0 Å². The molecule has 6 nitrogen and oxygen atoms in total. The molecule has 0 atom stereocenters. The van der Waals surface area contributed by atoms with Gasteiger partial charge in [0, 0.05) is 5.56 Å². The molecule has 116 valence electrons. The third-order valence-corrected chi connectivity index (χ3v) is 4.59. The second-order valence-electron chi connectivity index (χ2n) is 4.76. The second-order valence-corrected chi connectivity index (χ2v) is 6.44. The van der Waals surface area contributed by atoms with Crippen LogP contribution in [0.4, 0.5) is 5.69 Å². The summed E-state index contributed by atoms with van der Waals surface area (Å²) in [6, 6.07) is 14.4. The first kappa shape index (κ1) is 15.0. The summed E-state index contributed by atoms with van der Waals surface area (Å²) >= 11 is 0. The van der Waals surface area contributed by atoms with E-state index in [4.69, 9.17) is 0 Å². The molecule has 0 saturated carbocycles. The molecule has 3 rings (SSSR count). The highest BCUT2D eigenvalue weighted by atomic mass is 32.2. The molecule has 0 fully saturated rings. The van der Waals surface area contributed by atoms with Crippen LogP contribution in [0.5, 0.6) is 0 Å². The van der Waals surface area contributed by atoms with Gasteiger partial charge in [-0.05, 0) is 24.3 Å². The van der Waals surface area contributed by atoms with Crippen molar-refractivity contribution >= 4 is 21.5 Å². The van der Waals surface area contributed by atoms with Crippen LogP contribution in [0.1, 0.15) is 16.1 Å². The number of ketones is 1. The van der Waals surface area contributed by atoms with Crippen molar-refractivity contribution in [2.75, 3.05) is 4.72 Å². The molecule has 2 N–H and O–H groups in total. The molecule has 0 unspecified atom stereocenters. The summed E-state index contributed by atoms with van der Waals surface area (Å²) < 4.78 is 27.3. The number of rotatable bonds is 5. The van der Waals surface area contributed by atoms with E-state index in [1.54, 1.807) is 42.5 Å². The lowest BCUT2D eigenvalue weighted by molar-refractivity contribution is 0.103. The number of para-hydroxylation sites is 1. The zero-order chi connectivity index (χ0) is 16.3. The average molecular weight is 327 g/mol. The van der Waals surface area contributed by atoms with Crippen molar-refractivity contribution in [1.29, 1.82) is 0 Å². The topological polar surface area (TPSA) is 91.9 Å². The first-order valence-corrected chi connectivity index (χ1v) is 8.26. The Morgan fingerprint density at radius 2 is 1.70 bits per heavy atom. The van der Waals surface area contributed by atoms with Gasteiger partial charge in [0.15, 0.2) is 0 Å². The number of aromatic nitrogens is 2. The summed E-state index contributed by atoms with van der Waals surface area (Å²) in [6.07, 6.45) is 2.79. The SMILES string of the molecule is O=C(c1cnc[nH]1)c1ccccc1NS(=O)(=O)c1ccccc1. The van der Waals surface area contributed by atoms with E-state index in [0.717, 1.165) is 0 Å². The molecule has 0 spiro atoms. The van der Waals surface area contributed by atoms with Gasteiger partial charge in [-0.1, -0.05) is 30.3 Å². The van der Waals surface area contributed by atoms with Crippen LogP contribution in [0, 0.1) is 0 Å². The normalized spacial score (nSPS) is 11.1. The maximum absolute atomic E-state index is 12.4. The van der Waals surface area contributed by atoms with Crippen LogP contribution >= 0.6 is 0 Å². The first-order chi connectivity index (χ1) is 11.1. The Balaban J connectivity index is 1.97. The zero-order valence-electron chi connectivity index (χ0n) is 11.9. The fourth-order valence-corrected chi connectivity index (χ4v) is 3.20. The summed E-state index contributed by atoms with van der Waals surface area (Å²) in [4.78, 5) is 19.1. The second kappa shape index (κ2) is 6.05. The Morgan fingerprint density at radius 1 is 1.00 bits per heavy atom. The molecular weight excluding hydrogens is 314 g/mol. The quantitative estimate of drug-likeness (QED) is 0.704. The van der Waals surface area contributed by atoms with Gasteiger partial charge in [0.2, 0.25) is 5.78 Å². The Bertz CT molecular complexity index is 920. The number of hydrogen-bond donors (Lipinski definition) is 2. The molecule has 7 heteroatoms. The van der Waals surface area contributed by atoms with Crippen LogP contribution in [0.25, 0.3) is 0 Å². The third-order valence-electron chi connectivity index (χ3n) is 3.21.